The highest BCUT2D eigenvalue weighted by Crippen LogP contribution is 2.47. The molecule has 0 unspecified atom stereocenters. The molecule has 0 saturated carbocycles. The molecule has 1 aromatic rings. The van der Waals surface area contributed by atoms with Crippen molar-refractivity contribution in [2.75, 3.05) is 0 Å². The van der Waals surface area contributed by atoms with Gasteiger partial charge in [-0.2, -0.15) is 5.01 Å². The highest BCUT2D eigenvalue weighted by molar-refractivity contribution is 6.07. The lowest BCUT2D eigenvalue weighted by Gasteiger charge is -2.21. The van der Waals surface area contributed by atoms with E-state index >= 15 is 0 Å². The third-order valence-electron chi connectivity index (χ3n) is 5.21. The zero-order valence-corrected chi connectivity index (χ0v) is 14.1. The number of carbonyl (C=O) groups excluding carboxylic acids is 3. The van der Waals surface area contributed by atoms with Crippen molar-refractivity contribution in [3.05, 3.63) is 29.8 Å². The van der Waals surface area contributed by atoms with Crippen molar-refractivity contribution in [2.45, 2.75) is 45.0 Å². The largest absolute Gasteiger partial charge is 0.481 e. The molecule has 7 heteroatoms. The summed E-state index contributed by atoms with van der Waals surface area (Å²) in [4.78, 5) is 37.4. The number of hydrogen-bond acceptors (Lipinski definition) is 5. The van der Waals surface area contributed by atoms with E-state index < -0.39 is 23.8 Å². The second-order valence-corrected chi connectivity index (χ2v) is 6.90. The van der Waals surface area contributed by atoms with Crippen LogP contribution in [0.3, 0.4) is 0 Å². The maximum atomic E-state index is 12.5. The van der Waals surface area contributed by atoms with Crippen LogP contribution in [0.4, 0.5) is 0 Å². The van der Waals surface area contributed by atoms with E-state index in [1.54, 1.807) is 19.1 Å². The van der Waals surface area contributed by atoms with Crippen LogP contribution < -0.4 is 10.2 Å². The summed E-state index contributed by atoms with van der Waals surface area (Å²) < 4.78 is 11.2. The summed E-state index contributed by atoms with van der Waals surface area (Å²) in [7, 11) is 0. The first kappa shape index (κ1) is 16.1. The quantitative estimate of drug-likeness (QED) is 0.822. The monoisotopic (exact) mass is 344 g/mol. The van der Waals surface area contributed by atoms with Gasteiger partial charge < -0.3 is 9.47 Å². The van der Waals surface area contributed by atoms with Crippen molar-refractivity contribution in [1.82, 2.24) is 10.4 Å². The zero-order chi connectivity index (χ0) is 17.7. The molecule has 3 aliphatic rings. The van der Waals surface area contributed by atoms with Crippen LogP contribution in [0.25, 0.3) is 0 Å². The molecule has 25 heavy (non-hydrogen) atoms. The first-order valence-electron chi connectivity index (χ1n) is 8.53. The van der Waals surface area contributed by atoms with Crippen molar-refractivity contribution >= 4 is 17.7 Å². The Balaban J connectivity index is 1.41. The molecule has 3 aliphatic heterocycles. The number of aryl methyl sites for hydroxylation is 1. The van der Waals surface area contributed by atoms with Crippen molar-refractivity contribution in [2.24, 2.45) is 11.8 Å². The number of hydrogen-bond donors (Lipinski definition) is 1. The van der Waals surface area contributed by atoms with E-state index in [2.05, 4.69) is 5.43 Å². The Hall–Kier alpha value is -2.41. The van der Waals surface area contributed by atoms with Gasteiger partial charge in [0.05, 0.1) is 24.0 Å². The summed E-state index contributed by atoms with van der Waals surface area (Å²) in [5.41, 5.74) is 3.51. The van der Waals surface area contributed by atoms with Crippen molar-refractivity contribution in [1.29, 1.82) is 0 Å². The van der Waals surface area contributed by atoms with Crippen molar-refractivity contribution < 1.29 is 23.9 Å². The van der Waals surface area contributed by atoms with Gasteiger partial charge in [-0.05, 0) is 38.8 Å². The molecular weight excluding hydrogens is 324 g/mol. The number of rotatable bonds is 4. The molecule has 3 saturated heterocycles. The number of imide groups is 1. The molecule has 1 aromatic carbocycles. The lowest BCUT2D eigenvalue weighted by Crippen LogP contribution is -2.51. The van der Waals surface area contributed by atoms with Gasteiger partial charge in [-0.3, -0.25) is 19.8 Å². The third kappa shape index (κ3) is 2.59. The number of nitrogens with zero attached hydrogens (tertiary/aromatic N) is 1. The summed E-state index contributed by atoms with van der Waals surface area (Å²) in [6.07, 6.45) is 0.347. The maximum absolute atomic E-state index is 12.5. The number of hydrazine groups is 1. The van der Waals surface area contributed by atoms with E-state index in [9.17, 15) is 14.4 Å². The Morgan fingerprint density at radius 3 is 2.28 bits per heavy atom. The zero-order valence-electron chi connectivity index (χ0n) is 14.1. The second kappa shape index (κ2) is 5.84. The number of nitrogens with one attached hydrogen (secondary N) is 1. The average Bonchev–Trinajstić information content (AvgIpc) is 3.26. The van der Waals surface area contributed by atoms with E-state index in [1.165, 1.54) is 0 Å². The molecule has 0 aromatic heterocycles. The first-order valence-corrected chi connectivity index (χ1v) is 8.53. The molecule has 5 atom stereocenters. The third-order valence-corrected chi connectivity index (χ3v) is 5.21. The van der Waals surface area contributed by atoms with Crippen LogP contribution in [-0.4, -0.2) is 41.0 Å². The molecular formula is C18H20N2O5. The second-order valence-electron chi connectivity index (χ2n) is 6.90. The number of ether oxygens (including phenoxy) is 2. The van der Waals surface area contributed by atoms with Gasteiger partial charge in [-0.1, -0.05) is 17.7 Å². The Kier molecular flexibility index (Phi) is 3.76. The molecule has 3 fully saturated rings. The van der Waals surface area contributed by atoms with E-state index in [4.69, 9.17) is 9.47 Å². The number of benzene rings is 1. The summed E-state index contributed by atoms with van der Waals surface area (Å²) in [6.45, 7) is 3.53. The summed E-state index contributed by atoms with van der Waals surface area (Å²) in [5.74, 6) is -1.65. The van der Waals surface area contributed by atoms with Crippen molar-refractivity contribution in [3.63, 3.8) is 0 Å². The fourth-order valence-electron chi connectivity index (χ4n) is 3.90. The number of amides is 3. The fourth-order valence-corrected chi connectivity index (χ4v) is 3.90. The molecule has 132 valence electrons. The Bertz CT molecular complexity index is 703. The maximum Gasteiger partial charge on any atom is 0.279 e. The van der Waals surface area contributed by atoms with Crippen LogP contribution in [0.15, 0.2) is 24.3 Å². The van der Waals surface area contributed by atoms with E-state index in [1.807, 2.05) is 19.1 Å². The fraction of sp³-hybridized carbons (Fsp3) is 0.500. The Morgan fingerprint density at radius 1 is 1.16 bits per heavy atom. The van der Waals surface area contributed by atoms with E-state index in [0.717, 1.165) is 23.4 Å². The highest BCUT2D eigenvalue weighted by atomic mass is 16.5. The van der Waals surface area contributed by atoms with Gasteiger partial charge in [0.1, 0.15) is 5.75 Å². The molecule has 1 N–H and O–H groups in total. The summed E-state index contributed by atoms with van der Waals surface area (Å²) >= 11 is 0. The highest BCUT2D eigenvalue weighted by Gasteiger charge is 2.63. The smallest absolute Gasteiger partial charge is 0.279 e. The van der Waals surface area contributed by atoms with E-state index in [0.29, 0.717) is 5.75 Å². The first-order chi connectivity index (χ1) is 12.0. The Morgan fingerprint density at radius 2 is 1.72 bits per heavy atom. The Labute approximate surface area is 145 Å². The summed E-state index contributed by atoms with van der Waals surface area (Å²) in [6, 6.07) is 7.30. The number of carbonyl (C=O) groups is 3. The molecule has 0 spiro atoms. The van der Waals surface area contributed by atoms with Crippen LogP contribution in [0.2, 0.25) is 0 Å². The van der Waals surface area contributed by atoms with Gasteiger partial charge in [0, 0.05) is 0 Å². The van der Waals surface area contributed by atoms with Gasteiger partial charge in [0.2, 0.25) is 0 Å². The van der Waals surface area contributed by atoms with Gasteiger partial charge >= 0.3 is 0 Å². The molecule has 2 bridgehead atoms. The van der Waals surface area contributed by atoms with Gasteiger partial charge in [-0.15, -0.1) is 0 Å². The van der Waals surface area contributed by atoms with Gasteiger partial charge in [0.15, 0.2) is 6.10 Å². The molecule has 4 rings (SSSR count). The minimum atomic E-state index is -0.836. The van der Waals surface area contributed by atoms with Crippen LogP contribution >= 0.6 is 0 Å². The lowest BCUT2D eigenvalue weighted by molar-refractivity contribution is -0.153. The van der Waals surface area contributed by atoms with Crippen LogP contribution in [-0.2, 0) is 19.1 Å². The van der Waals surface area contributed by atoms with Gasteiger partial charge in [0.25, 0.3) is 17.7 Å². The standard InChI is InChI=1S/C18H20N2O5/c1-9-3-5-11(6-4-9)24-10(2)16(21)19-20-17(22)14-12-7-8-13(25-12)15(14)18(20)23/h3-6,10,12-15H,7-8H2,1-2H3,(H,19,21)/t10-,12-,13-,14-,15+/m0/s1. The molecule has 0 aliphatic carbocycles. The van der Waals surface area contributed by atoms with E-state index in [-0.39, 0.29) is 24.0 Å². The predicted molar refractivity (Wildman–Crippen MR) is 86.1 cm³/mol. The lowest BCUT2D eigenvalue weighted by atomic mass is 9.81. The van der Waals surface area contributed by atoms with Crippen LogP contribution in [0, 0.1) is 18.8 Å². The molecule has 7 nitrogen and oxygen atoms in total. The molecule has 3 heterocycles. The molecule has 3 amide bonds. The minimum Gasteiger partial charge on any atom is -0.481 e. The van der Waals surface area contributed by atoms with Gasteiger partial charge in [-0.25, -0.2) is 0 Å². The minimum absolute atomic E-state index is 0.199. The topological polar surface area (TPSA) is 84.9 Å². The molecule has 0 radical (unpaired) electrons. The summed E-state index contributed by atoms with van der Waals surface area (Å²) in [5, 5.41) is 0.862. The van der Waals surface area contributed by atoms with Crippen molar-refractivity contribution in [3.8, 4) is 5.75 Å². The average molecular weight is 344 g/mol. The SMILES string of the molecule is Cc1ccc(O[C@@H](C)C(=O)NN2C(=O)[C@@H]3[C@H](C2=O)[C@@H]2CC[C@@H]3O2)cc1. The van der Waals surface area contributed by atoms with Crippen LogP contribution in [0.5, 0.6) is 5.75 Å². The number of fused-ring (bicyclic) bond motifs is 5. The predicted octanol–water partition coefficient (Wildman–Crippen LogP) is 0.956. The normalized spacial score (nSPS) is 31.2. The van der Waals surface area contributed by atoms with Crippen LogP contribution in [0.1, 0.15) is 25.3 Å².